The van der Waals surface area contributed by atoms with Gasteiger partial charge in [-0.25, -0.2) is 8.42 Å². The van der Waals surface area contributed by atoms with E-state index in [4.69, 9.17) is 4.74 Å². The van der Waals surface area contributed by atoms with Gasteiger partial charge in [0, 0.05) is 12.6 Å². The summed E-state index contributed by atoms with van der Waals surface area (Å²) >= 11 is 0. The van der Waals surface area contributed by atoms with Crippen LogP contribution in [0.15, 0.2) is 0 Å². The Balaban J connectivity index is 1.80. The van der Waals surface area contributed by atoms with Crippen LogP contribution in [-0.2, 0) is 19.4 Å². The first kappa shape index (κ1) is 15.8. The van der Waals surface area contributed by atoms with E-state index < -0.39 is 9.84 Å². The van der Waals surface area contributed by atoms with Crippen molar-refractivity contribution in [2.75, 3.05) is 18.9 Å². The quantitative estimate of drug-likeness (QED) is 0.775. The van der Waals surface area contributed by atoms with Crippen LogP contribution < -0.4 is 5.32 Å². The van der Waals surface area contributed by atoms with E-state index in [-0.39, 0.29) is 23.2 Å². The van der Waals surface area contributed by atoms with Crippen LogP contribution >= 0.6 is 0 Å². The third-order valence-corrected chi connectivity index (χ3v) is 6.67. The summed E-state index contributed by atoms with van der Waals surface area (Å²) in [7, 11) is -2.88. The SMILES string of the molecule is CCOC(=O)C1CCCC(NCC2CCCS2(=O)=O)C1. The molecule has 2 fully saturated rings. The highest BCUT2D eigenvalue weighted by molar-refractivity contribution is 7.92. The molecule has 116 valence electrons. The van der Waals surface area contributed by atoms with Crippen LogP contribution in [0.1, 0.15) is 45.4 Å². The van der Waals surface area contributed by atoms with Crippen molar-refractivity contribution in [2.24, 2.45) is 5.92 Å². The van der Waals surface area contributed by atoms with E-state index in [1.165, 1.54) is 0 Å². The van der Waals surface area contributed by atoms with Gasteiger partial charge in [-0.15, -0.1) is 0 Å². The average molecular weight is 303 g/mol. The Labute approximate surface area is 121 Å². The highest BCUT2D eigenvalue weighted by Gasteiger charge is 2.33. The van der Waals surface area contributed by atoms with E-state index in [0.717, 1.165) is 38.5 Å². The van der Waals surface area contributed by atoms with Gasteiger partial charge in [0.25, 0.3) is 0 Å². The molecule has 0 bridgehead atoms. The Hall–Kier alpha value is -0.620. The molecule has 2 rings (SSSR count). The third kappa shape index (κ3) is 3.95. The monoisotopic (exact) mass is 303 g/mol. The predicted molar refractivity (Wildman–Crippen MR) is 77.2 cm³/mol. The zero-order chi connectivity index (χ0) is 14.6. The molecule has 1 aliphatic carbocycles. The zero-order valence-corrected chi connectivity index (χ0v) is 13.0. The molecule has 5 nitrogen and oxygen atoms in total. The predicted octanol–water partition coefficient (Wildman–Crippen LogP) is 1.28. The van der Waals surface area contributed by atoms with Gasteiger partial charge >= 0.3 is 5.97 Å². The Bertz CT molecular complexity index is 434. The number of carbonyl (C=O) groups is 1. The van der Waals surface area contributed by atoms with Crippen molar-refractivity contribution in [1.29, 1.82) is 0 Å². The van der Waals surface area contributed by atoms with Crippen molar-refractivity contribution in [3.05, 3.63) is 0 Å². The summed E-state index contributed by atoms with van der Waals surface area (Å²) < 4.78 is 28.6. The van der Waals surface area contributed by atoms with Gasteiger partial charge in [-0.2, -0.15) is 0 Å². The second kappa shape index (κ2) is 6.89. The molecule has 1 aliphatic heterocycles. The van der Waals surface area contributed by atoms with Crippen LogP contribution in [0.3, 0.4) is 0 Å². The maximum Gasteiger partial charge on any atom is 0.308 e. The van der Waals surface area contributed by atoms with Gasteiger partial charge in [0.2, 0.25) is 0 Å². The first-order valence-electron chi connectivity index (χ1n) is 7.64. The minimum Gasteiger partial charge on any atom is -0.466 e. The number of esters is 1. The zero-order valence-electron chi connectivity index (χ0n) is 12.1. The van der Waals surface area contributed by atoms with E-state index >= 15 is 0 Å². The van der Waals surface area contributed by atoms with Crippen molar-refractivity contribution < 1.29 is 17.9 Å². The van der Waals surface area contributed by atoms with E-state index in [0.29, 0.717) is 18.9 Å². The lowest BCUT2D eigenvalue weighted by atomic mass is 9.85. The molecular formula is C14H25NO4S. The molecule has 1 saturated carbocycles. The van der Waals surface area contributed by atoms with Crippen molar-refractivity contribution >= 4 is 15.8 Å². The molecule has 0 spiro atoms. The molecule has 0 aromatic carbocycles. The molecule has 0 aromatic rings. The molecule has 1 saturated heterocycles. The maximum absolute atomic E-state index is 11.8. The molecule has 0 amide bonds. The lowest BCUT2D eigenvalue weighted by Crippen LogP contribution is -2.41. The van der Waals surface area contributed by atoms with Crippen molar-refractivity contribution in [1.82, 2.24) is 5.32 Å². The normalized spacial score (nSPS) is 33.0. The van der Waals surface area contributed by atoms with Crippen LogP contribution in [0.4, 0.5) is 0 Å². The Morgan fingerprint density at radius 1 is 1.25 bits per heavy atom. The molecule has 3 atom stereocenters. The fourth-order valence-electron chi connectivity index (χ4n) is 3.23. The van der Waals surface area contributed by atoms with Crippen molar-refractivity contribution in [3.8, 4) is 0 Å². The molecule has 3 unspecified atom stereocenters. The second-order valence-electron chi connectivity index (χ2n) is 5.85. The largest absolute Gasteiger partial charge is 0.466 e. The summed E-state index contributed by atoms with van der Waals surface area (Å²) in [5.74, 6) is 0.198. The van der Waals surface area contributed by atoms with Crippen LogP contribution in [0, 0.1) is 5.92 Å². The smallest absolute Gasteiger partial charge is 0.308 e. The van der Waals surface area contributed by atoms with E-state index in [2.05, 4.69) is 5.32 Å². The molecule has 0 aromatic heterocycles. The van der Waals surface area contributed by atoms with E-state index in [1.807, 2.05) is 6.92 Å². The Kier molecular flexibility index (Phi) is 5.43. The molecule has 20 heavy (non-hydrogen) atoms. The van der Waals surface area contributed by atoms with Crippen LogP contribution in [0.25, 0.3) is 0 Å². The maximum atomic E-state index is 11.8. The Morgan fingerprint density at radius 3 is 2.70 bits per heavy atom. The van der Waals surface area contributed by atoms with E-state index in [9.17, 15) is 13.2 Å². The summed E-state index contributed by atoms with van der Waals surface area (Å²) in [6.07, 6.45) is 5.22. The summed E-state index contributed by atoms with van der Waals surface area (Å²) in [6.45, 7) is 2.78. The number of sulfone groups is 1. The number of rotatable bonds is 5. The van der Waals surface area contributed by atoms with E-state index in [1.54, 1.807) is 0 Å². The van der Waals surface area contributed by atoms with Gasteiger partial charge < -0.3 is 10.1 Å². The molecule has 0 radical (unpaired) electrons. The second-order valence-corrected chi connectivity index (χ2v) is 8.25. The molecule has 6 heteroatoms. The number of hydrogen-bond acceptors (Lipinski definition) is 5. The fraction of sp³-hybridized carbons (Fsp3) is 0.929. The number of nitrogens with one attached hydrogen (secondary N) is 1. The van der Waals surface area contributed by atoms with Gasteiger partial charge in [-0.05, 0) is 39.0 Å². The molecule has 1 heterocycles. The van der Waals surface area contributed by atoms with Crippen molar-refractivity contribution in [3.63, 3.8) is 0 Å². The van der Waals surface area contributed by atoms with Crippen molar-refractivity contribution in [2.45, 2.75) is 56.7 Å². The van der Waals surface area contributed by atoms with Crippen LogP contribution in [0.5, 0.6) is 0 Å². The topological polar surface area (TPSA) is 72.5 Å². The number of ether oxygens (including phenoxy) is 1. The minimum absolute atomic E-state index is 0.0265. The molecule has 2 aliphatic rings. The average Bonchev–Trinajstić information content (AvgIpc) is 2.76. The van der Waals surface area contributed by atoms with Crippen LogP contribution in [-0.4, -0.2) is 44.6 Å². The molecule has 1 N–H and O–H groups in total. The first-order chi connectivity index (χ1) is 9.53. The number of hydrogen-bond donors (Lipinski definition) is 1. The summed E-state index contributed by atoms with van der Waals surface area (Å²) in [4.78, 5) is 11.8. The lowest BCUT2D eigenvalue weighted by Gasteiger charge is -2.29. The van der Waals surface area contributed by atoms with Gasteiger partial charge in [-0.3, -0.25) is 4.79 Å². The van der Waals surface area contributed by atoms with Crippen LogP contribution in [0.2, 0.25) is 0 Å². The van der Waals surface area contributed by atoms with Gasteiger partial charge in [0.05, 0.1) is 23.5 Å². The van der Waals surface area contributed by atoms with Gasteiger partial charge in [0.1, 0.15) is 0 Å². The number of carbonyl (C=O) groups excluding carboxylic acids is 1. The van der Waals surface area contributed by atoms with Gasteiger partial charge in [0.15, 0.2) is 9.84 Å². The van der Waals surface area contributed by atoms with Gasteiger partial charge in [-0.1, -0.05) is 6.42 Å². The highest BCUT2D eigenvalue weighted by atomic mass is 32.2. The lowest BCUT2D eigenvalue weighted by molar-refractivity contribution is -0.149. The molecular weight excluding hydrogens is 278 g/mol. The first-order valence-corrected chi connectivity index (χ1v) is 9.36. The third-order valence-electron chi connectivity index (χ3n) is 4.39. The summed E-state index contributed by atoms with van der Waals surface area (Å²) in [5, 5.41) is 3.13. The standard InChI is InChI=1S/C14H25NO4S/c1-2-19-14(16)11-5-3-6-12(9-11)15-10-13-7-4-8-20(13,17)18/h11-13,15H,2-10H2,1H3. The fourth-order valence-corrected chi connectivity index (χ4v) is 5.01. The summed E-state index contributed by atoms with van der Waals surface area (Å²) in [6, 6.07) is 0.244. The Morgan fingerprint density at radius 2 is 2.05 bits per heavy atom. The highest BCUT2D eigenvalue weighted by Crippen LogP contribution is 2.26. The minimum atomic E-state index is -2.88. The summed E-state index contributed by atoms with van der Waals surface area (Å²) in [5.41, 5.74) is 0.